The van der Waals surface area contributed by atoms with E-state index in [1.54, 1.807) is 36.0 Å². The minimum atomic E-state index is -0.304. The van der Waals surface area contributed by atoms with Gasteiger partial charge in [-0.3, -0.25) is 24.0 Å². The predicted octanol–water partition coefficient (Wildman–Crippen LogP) is 4.36. The van der Waals surface area contributed by atoms with Gasteiger partial charge in [-0.1, -0.05) is 54.3 Å². The van der Waals surface area contributed by atoms with Crippen molar-refractivity contribution >= 4 is 46.1 Å². The van der Waals surface area contributed by atoms with Crippen LogP contribution in [-0.4, -0.2) is 50.8 Å². The molecule has 2 aliphatic rings. The minimum Gasteiger partial charge on any atom is -0.467 e. The van der Waals surface area contributed by atoms with E-state index in [0.717, 1.165) is 38.5 Å². The van der Waals surface area contributed by atoms with Crippen LogP contribution in [0.3, 0.4) is 0 Å². The van der Waals surface area contributed by atoms with Gasteiger partial charge in [0.05, 0.1) is 17.7 Å². The van der Waals surface area contributed by atoms with E-state index in [0.29, 0.717) is 32.7 Å². The van der Waals surface area contributed by atoms with Gasteiger partial charge in [0.15, 0.2) is 0 Å². The zero-order valence-corrected chi connectivity index (χ0v) is 23.6. The number of rotatable bonds is 7. The topological polar surface area (TPSA) is 85.7 Å². The number of aromatic nitrogens is 1. The van der Waals surface area contributed by atoms with Crippen LogP contribution in [0.5, 0.6) is 0 Å². The number of carbonyl (C=O) groups excluding carboxylic acids is 1. The summed E-state index contributed by atoms with van der Waals surface area (Å²) in [6, 6.07) is 16.1. The number of carbonyl (C=O) groups is 1. The van der Waals surface area contributed by atoms with Crippen LogP contribution in [0.25, 0.3) is 6.08 Å². The van der Waals surface area contributed by atoms with E-state index in [1.807, 2.05) is 13.0 Å². The van der Waals surface area contributed by atoms with Gasteiger partial charge in [0.2, 0.25) is 0 Å². The molecular weight excluding hydrogens is 530 g/mol. The molecule has 0 atom stereocenters. The molecule has 2 fully saturated rings. The monoisotopic (exact) mass is 559 g/mol. The average Bonchev–Trinajstić information content (AvgIpc) is 3.55. The maximum Gasteiger partial charge on any atom is 0.270 e. The Morgan fingerprint density at radius 2 is 1.82 bits per heavy atom. The van der Waals surface area contributed by atoms with E-state index in [2.05, 4.69) is 40.1 Å². The molecule has 0 radical (unpaired) electrons. The summed E-state index contributed by atoms with van der Waals surface area (Å²) in [6.07, 6.45) is 3.37. The van der Waals surface area contributed by atoms with Gasteiger partial charge in [0.1, 0.15) is 27.5 Å². The number of piperazine rings is 1. The molecule has 0 unspecified atom stereocenters. The molecule has 2 saturated heterocycles. The number of nitrogens with zero attached hydrogens (tertiary/aromatic N) is 5. The Balaban J connectivity index is 1.49. The zero-order valence-electron chi connectivity index (χ0n) is 21.9. The van der Waals surface area contributed by atoms with E-state index < -0.39 is 0 Å². The normalized spacial score (nSPS) is 17.3. The number of nitriles is 1. The average molecular weight is 560 g/mol. The Labute approximate surface area is 237 Å². The molecule has 0 N–H and O–H groups in total. The maximum absolute atomic E-state index is 13.4. The summed E-state index contributed by atoms with van der Waals surface area (Å²) in [5.41, 5.74) is 2.35. The second-order valence-corrected chi connectivity index (χ2v) is 11.2. The van der Waals surface area contributed by atoms with E-state index in [1.165, 1.54) is 22.2 Å². The van der Waals surface area contributed by atoms with Crippen LogP contribution in [-0.2, 0) is 24.4 Å². The highest BCUT2D eigenvalue weighted by atomic mass is 32.2. The third kappa shape index (κ3) is 5.43. The minimum absolute atomic E-state index is 0.0978. The maximum atomic E-state index is 13.4. The van der Waals surface area contributed by atoms with Crippen molar-refractivity contribution in [2.45, 2.75) is 33.5 Å². The molecule has 0 spiro atoms. The van der Waals surface area contributed by atoms with Crippen LogP contribution >= 0.6 is 24.0 Å². The van der Waals surface area contributed by atoms with E-state index in [-0.39, 0.29) is 23.6 Å². The molecule has 10 heteroatoms. The van der Waals surface area contributed by atoms with Gasteiger partial charge >= 0.3 is 0 Å². The highest BCUT2D eigenvalue weighted by Gasteiger charge is 2.34. The van der Waals surface area contributed by atoms with Crippen molar-refractivity contribution in [2.75, 3.05) is 31.1 Å². The number of amides is 1. The molecule has 5 rings (SSSR count). The number of thiocarbonyl (C=S) groups is 1. The van der Waals surface area contributed by atoms with Crippen molar-refractivity contribution < 1.29 is 9.21 Å². The summed E-state index contributed by atoms with van der Waals surface area (Å²) in [7, 11) is 0. The molecule has 2 aromatic heterocycles. The standard InChI is InChI=1S/C29H29N5O3S2/c1-3-33-26(32-13-11-31(12-14-32)18-21-8-5-4-6-9-21)23(20(2)24(17-30)27(33)35)16-25-28(36)34(29(38)39-25)19-22-10-7-15-37-22/h4-10,15-16H,3,11-14,18-19H2,1-2H3/b25-16+. The van der Waals surface area contributed by atoms with Crippen LogP contribution in [0.4, 0.5) is 5.82 Å². The summed E-state index contributed by atoms with van der Waals surface area (Å²) in [4.78, 5) is 33.3. The van der Waals surface area contributed by atoms with Gasteiger partial charge in [0.25, 0.3) is 11.5 Å². The van der Waals surface area contributed by atoms with E-state index >= 15 is 0 Å². The largest absolute Gasteiger partial charge is 0.467 e. The zero-order chi connectivity index (χ0) is 27.5. The van der Waals surface area contributed by atoms with Crippen molar-refractivity contribution in [2.24, 2.45) is 0 Å². The first-order valence-electron chi connectivity index (χ1n) is 12.9. The second-order valence-electron chi connectivity index (χ2n) is 9.49. The van der Waals surface area contributed by atoms with Crippen LogP contribution in [0.2, 0.25) is 0 Å². The molecule has 1 aromatic carbocycles. The van der Waals surface area contributed by atoms with E-state index in [4.69, 9.17) is 16.6 Å². The lowest BCUT2D eigenvalue weighted by Gasteiger charge is -2.38. The highest BCUT2D eigenvalue weighted by molar-refractivity contribution is 8.26. The van der Waals surface area contributed by atoms with Crippen molar-refractivity contribution in [3.05, 3.63) is 92.0 Å². The molecule has 1 amide bonds. The number of benzene rings is 1. The van der Waals surface area contributed by atoms with Gasteiger partial charge in [-0.05, 0) is 43.2 Å². The molecule has 4 heterocycles. The number of pyridine rings is 1. The molecule has 39 heavy (non-hydrogen) atoms. The SMILES string of the molecule is CCn1c(N2CCN(Cc3ccccc3)CC2)c(/C=C2/SC(=S)N(Cc3ccco3)C2=O)c(C)c(C#N)c1=O. The first-order chi connectivity index (χ1) is 18.9. The van der Waals surface area contributed by atoms with Crippen molar-refractivity contribution in [1.29, 1.82) is 5.26 Å². The molecule has 8 nitrogen and oxygen atoms in total. The van der Waals surface area contributed by atoms with Crippen LogP contribution < -0.4 is 10.5 Å². The van der Waals surface area contributed by atoms with Crippen LogP contribution in [0.1, 0.15) is 34.9 Å². The lowest BCUT2D eigenvalue weighted by atomic mass is 10.0. The fourth-order valence-electron chi connectivity index (χ4n) is 5.06. The number of thioether (sulfide) groups is 1. The number of hydrogen-bond donors (Lipinski definition) is 0. The van der Waals surface area contributed by atoms with Gasteiger partial charge < -0.3 is 9.32 Å². The fourth-order valence-corrected chi connectivity index (χ4v) is 6.30. The summed E-state index contributed by atoms with van der Waals surface area (Å²) in [5.74, 6) is 1.17. The molecule has 2 aliphatic heterocycles. The predicted molar refractivity (Wildman–Crippen MR) is 157 cm³/mol. The third-order valence-corrected chi connectivity index (χ3v) is 8.50. The number of hydrogen-bond acceptors (Lipinski definition) is 8. The Morgan fingerprint density at radius 1 is 1.08 bits per heavy atom. The Kier molecular flexibility index (Phi) is 8.02. The van der Waals surface area contributed by atoms with Crippen molar-refractivity contribution in [3.8, 4) is 6.07 Å². The lowest BCUT2D eigenvalue weighted by Crippen LogP contribution is -2.48. The van der Waals surface area contributed by atoms with Gasteiger partial charge in [-0.15, -0.1) is 0 Å². The molecule has 0 saturated carbocycles. The first-order valence-corrected chi connectivity index (χ1v) is 14.1. The van der Waals surface area contributed by atoms with Crippen LogP contribution in [0, 0.1) is 18.3 Å². The van der Waals surface area contributed by atoms with Gasteiger partial charge in [-0.25, -0.2) is 0 Å². The first kappa shape index (κ1) is 26.9. The third-order valence-electron chi connectivity index (χ3n) is 7.13. The molecule has 3 aromatic rings. The summed E-state index contributed by atoms with van der Waals surface area (Å²) < 4.78 is 7.52. The second kappa shape index (κ2) is 11.6. The van der Waals surface area contributed by atoms with Gasteiger partial charge in [0, 0.05) is 44.8 Å². The summed E-state index contributed by atoms with van der Waals surface area (Å²) >= 11 is 6.75. The summed E-state index contributed by atoms with van der Waals surface area (Å²) in [5, 5.41) is 9.84. The molecule has 200 valence electrons. The highest BCUT2D eigenvalue weighted by Crippen LogP contribution is 2.36. The van der Waals surface area contributed by atoms with Crippen LogP contribution in [0.15, 0.2) is 62.8 Å². The Morgan fingerprint density at radius 3 is 2.46 bits per heavy atom. The Bertz CT molecular complexity index is 1510. The number of anilines is 1. The summed E-state index contributed by atoms with van der Waals surface area (Å²) in [6.45, 7) is 8.32. The Hall–Kier alpha value is -3.65. The smallest absolute Gasteiger partial charge is 0.270 e. The van der Waals surface area contributed by atoms with E-state index in [9.17, 15) is 14.9 Å². The fraction of sp³-hybridized carbons (Fsp3) is 0.310. The molecule has 0 bridgehead atoms. The number of furan rings is 1. The molecular formula is C29H29N5O3S2. The quantitative estimate of drug-likeness (QED) is 0.312. The van der Waals surface area contributed by atoms with Crippen molar-refractivity contribution in [3.63, 3.8) is 0 Å². The molecule has 0 aliphatic carbocycles. The van der Waals surface area contributed by atoms with Crippen molar-refractivity contribution in [1.82, 2.24) is 14.4 Å². The van der Waals surface area contributed by atoms with Gasteiger partial charge in [-0.2, -0.15) is 5.26 Å². The lowest BCUT2D eigenvalue weighted by molar-refractivity contribution is -0.122.